The molecule has 1 rings (SSSR count). The van der Waals surface area contributed by atoms with Gasteiger partial charge in [-0.3, -0.25) is 4.84 Å². The van der Waals surface area contributed by atoms with Gasteiger partial charge in [-0.2, -0.15) is 5.48 Å². The highest BCUT2D eigenvalue weighted by Gasteiger charge is 2.17. The van der Waals surface area contributed by atoms with Gasteiger partial charge in [0.1, 0.15) is 11.4 Å². The van der Waals surface area contributed by atoms with Crippen LogP contribution in [0.2, 0.25) is 0 Å². The molecule has 0 aromatic heterocycles. The quantitative estimate of drug-likeness (QED) is 0.719. The van der Waals surface area contributed by atoms with Crippen molar-refractivity contribution in [3.63, 3.8) is 0 Å². The molecule has 0 spiro atoms. The number of aliphatic hydroxyl groups is 1. The Hall–Kier alpha value is -1.79. The molecule has 0 fully saturated rings. The van der Waals surface area contributed by atoms with Crippen molar-refractivity contribution < 1.29 is 24.6 Å². The van der Waals surface area contributed by atoms with Crippen LogP contribution in [0.5, 0.6) is 5.75 Å². The summed E-state index contributed by atoms with van der Waals surface area (Å²) >= 11 is 0. The molecule has 0 aliphatic rings. The summed E-state index contributed by atoms with van der Waals surface area (Å²) in [5.74, 6) is -0.238. The molecular weight excluding hydrogens is 262 g/mol. The van der Waals surface area contributed by atoms with Crippen LogP contribution >= 0.6 is 0 Å². The molecule has 1 atom stereocenters. The standard InChI is InChI=1S/C14H21NO5/c1-14(2,3)20-13(18)15-19-9-11(8-16)10-5-4-6-12(17)7-10/h4-7,11,16-17H,8-9H2,1-3H3,(H,15,18). The van der Waals surface area contributed by atoms with Crippen molar-refractivity contribution in [1.29, 1.82) is 0 Å². The van der Waals surface area contributed by atoms with Gasteiger partial charge in [-0.05, 0) is 38.5 Å². The van der Waals surface area contributed by atoms with Crippen LogP contribution in [-0.4, -0.2) is 35.1 Å². The van der Waals surface area contributed by atoms with Gasteiger partial charge in [0, 0.05) is 5.92 Å². The number of carbonyl (C=O) groups is 1. The zero-order valence-corrected chi connectivity index (χ0v) is 11.9. The number of hydrogen-bond acceptors (Lipinski definition) is 5. The zero-order valence-electron chi connectivity index (χ0n) is 11.9. The summed E-state index contributed by atoms with van der Waals surface area (Å²) in [5, 5.41) is 18.7. The summed E-state index contributed by atoms with van der Waals surface area (Å²) in [6, 6.07) is 6.52. The molecule has 0 saturated carbocycles. The number of ether oxygens (including phenoxy) is 1. The number of phenols is 1. The van der Waals surface area contributed by atoms with E-state index >= 15 is 0 Å². The van der Waals surface area contributed by atoms with Crippen LogP contribution in [0.3, 0.4) is 0 Å². The van der Waals surface area contributed by atoms with Gasteiger partial charge in [-0.1, -0.05) is 12.1 Å². The van der Waals surface area contributed by atoms with Crippen LogP contribution in [0, 0.1) is 0 Å². The van der Waals surface area contributed by atoms with Gasteiger partial charge in [0.15, 0.2) is 0 Å². The topological polar surface area (TPSA) is 88.0 Å². The average Bonchev–Trinajstić information content (AvgIpc) is 2.32. The first-order valence-corrected chi connectivity index (χ1v) is 6.32. The van der Waals surface area contributed by atoms with Gasteiger partial charge in [0.2, 0.25) is 0 Å². The van der Waals surface area contributed by atoms with Crippen molar-refractivity contribution in [3.8, 4) is 5.75 Å². The fraction of sp³-hybridized carbons (Fsp3) is 0.500. The van der Waals surface area contributed by atoms with E-state index in [1.165, 1.54) is 12.1 Å². The van der Waals surface area contributed by atoms with Crippen LogP contribution in [0.25, 0.3) is 0 Å². The van der Waals surface area contributed by atoms with E-state index in [2.05, 4.69) is 5.48 Å². The van der Waals surface area contributed by atoms with E-state index in [1.54, 1.807) is 32.9 Å². The average molecular weight is 283 g/mol. The van der Waals surface area contributed by atoms with E-state index in [0.29, 0.717) is 0 Å². The summed E-state index contributed by atoms with van der Waals surface area (Å²) in [5.41, 5.74) is 2.27. The second-order valence-electron chi connectivity index (χ2n) is 5.39. The molecule has 112 valence electrons. The maximum Gasteiger partial charge on any atom is 0.431 e. The third-order valence-electron chi connectivity index (χ3n) is 2.40. The molecule has 1 aromatic carbocycles. The Labute approximate surface area is 118 Å². The van der Waals surface area contributed by atoms with E-state index in [-0.39, 0.29) is 24.9 Å². The monoisotopic (exact) mass is 283 g/mol. The van der Waals surface area contributed by atoms with Crippen molar-refractivity contribution in [3.05, 3.63) is 29.8 Å². The molecule has 6 heteroatoms. The molecule has 0 bridgehead atoms. The number of rotatable bonds is 5. The van der Waals surface area contributed by atoms with Gasteiger partial charge in [0.25, 0.3) is 0 Å². The number of carbonyl (C=O) groups excluding carboxylic acids is 1. The minimum Gasteiger partial charge on any atom is -0.508 e. The Kier molecular flexibility index (Phi) is 5.79. The third-order valence-corrected chi connectivity index (χ3v) is 2.40. The normalized spacial score (nSPS) is 12.8. The van der Waals surface area contributed by atoms with E-state index in [4.69, 9.17) is 9.57 Å². The number of aliphatic hydroxyl groups excluding tert-OH is 1. The Balaban J connectivity index is 2.45. The number of nitrogens with one attached hydrogen (secondary N) is 1. The number of benzene rings is 1. The van der Waals surface area contributed by atoms with Crippen molar-refractivity contribution >= 4 is 6.09 Å². The summed E-state index contributed by atoms with van der Waals surface area (Å²) in [6.07, 6.45) is -0.690. The zero-order chi connectivity index (χ0) is 15.2. The Morgan fingerprint density at radius 1 is 1.40 bits per heavy atom. The fourth-order valence-electron chi connectivity index (χ4n) is 1.53. The molecule has 0 aliphatic heterocycles. The summed E-state index contributed by atoms with van der Waals surface area (Å²) < 4.78 is 5.00. The predicted molar refractivity (Wildman–Crippen MR) is 73.3 cm³/mol. The molecule has 1 unspecified atom stereocenters. The van der Waals surface area contributed by atoms with Crippen LogP contribution in [0.1, 0.15) is 32.3 Å². The lowest BCUT2D eigenvalue weighted by molar-refractivity contribution is -0.0151. The molecule has 0 saturated heterocycles. The van der Waals surface area contributed by atoms with Crippen LogP contribution < -0.4 is 5.48 Å². The van der Waals surface area contributed by atoms with Gasteiger partial charge in [-0.15, -0.1) is 0 Å². The minimum atomic E-state index is -0.690. The maximum atomic E-state index is 11.4. The van der Waals surface area contributed by atoms with E-state index in [9.17, 15) is 15.0 Å². The van der Waals surface area contributed by atoms with Crippen LogP contribution in [-0.2, 0) is 9.57 Å². The molecule has 0 heterocycles. The Morgan fingerprint density at radius 3 is 2.65 bits per heavy atom. The van der Waals surface area contributed by atoms with Crippen molar-refractivity contribution in [1.82, 2.24) is 5.48 Å². The molecule has 0 aliphatic carbocycles. The number of aromatic hydroxyl groups is 1. The molecule has 6 nitrogen and oxygen atoms in total. The summed E-state index contributed by atoms with van der Waals surface area (Å²) in [4.78, 5) is 16.4. The second kappa shape index (κ2) is 7.12. The molecular formula is C14H21NO5. The smallest absolute Gasteiger partial charge is 0.431 e. The molecule has 1 aromatic rings. The van der Waals surface area contributed by atoms with E-state index in [0.717, 1.165) is 5.56 Å². The maximum absolute atomic E-state index is 11.4. The third kappa shape index (κ3) is 5.90. The lowest BCUT2D eigenvalue weighted by Crippen LogP contribution is -2.33. The Morgan fingerprint density at radius 2 is 2.10 bits per heavy atom. The van der Waals surface area contributed by atoms with Gasteiger partial charge >= 0.3 is 6.09 Å². The predicted octanol–water partition coefficient (Wildman–Crippen LogP) is 1.92. The van der Waals surface area contributed by atoms with Crippen LogP contribution in [0.4, 0.5) is 4.79 Å². The lowest BCUT2D eigenvalue weighted by atomic mass is 10.0. The highest BCUT2D eigenvalue weighted by atomic mass is 16.7. The highest BCUT2D eigenvalue weighted by Crippen LogP contribution is 2.20. The van der Waals surface area contributed by atoms with Gasteiger partial charge < -0.3 is 14.9 Å². The number of hydroxylamine groups is 1. The highest BCUT2D eigenvalue weighted by molar-refractivity contribution is 5.66. The SMILES string of the molecule is CC(C)(C)OC(=O)NOCC(CO)c1cccc(O)c1. The molecule has 1 amide bonds. The summed E-state index contributed by atoms with van der Waals surface area (Å²) in [7, 11) is 0. The fourth-order valence-corrected chi connectivity index (χ4v) is 1.53. The van der Waals surface area contributed by atoms with Gasteiger partial charge in [0.05, 0.1) is 13.2 Å². The van der Waals surface area contributed by atoms with Gasteiger partial charge in [-0.25, -0.2) is 4.79 Å². The largest absolute Gasteiger partial charge is 0.508 e. The first-order valence-electron chi connectivity index (χ1n) is 6.32. The van der Waals surface area contributed by atoms with Crippen LogP contribution in [0.15, 0.2) is 24.3 Å². The second-order valence-corrected chi connectivity index (χ2v) is 5.39. The first kappa shape index (κ1) is 16.3. The van der Waals surface area contributed by atoms with Crippen molar-refractivity contribution in [2.24, 2.45) is 0 Å². The lowest BCUT2D eigenvalue weighted by Gasteiger charge is -2.20. The van der Waals surface area contributed by atoms with Crippen molar-refractivity contribution in [2.45, 2.75) is 32.3 Å². The molecule has 3 N–H and O–H groups in total. The number of phenolic OH excluding ortho intramolecular Hbond substituents is 1. The summed E-state index contributed by atoms with van der Waals surface area (Å²) in [6.45, 7) is 5.14. The number of hydrogen-bond donors (Lipinski definition) is 3. The molecule has 20 heavy (non-hydrogen) atoms. The number of amides is 1. The Bertz CT molecular complexity index is 441. The minimum absolute atomic E-state index is 0.0686. The first-order chi connectivity index (χ1) is 9.31. The van der Waals surface area contributed by atoms with E-state index < -0.39 is 11.7 Å². The van der Waals surface area contributed by atoms with E-state index in [1.807, 2.05) is 0 Å². The van der Waals surface area contributed by atoms with Crippen molar-refractivity contribution in [2.75, 3.05) is 13.2 Å². The molecule has 0 radical (unpaired) electrons.